The summed E-state index contributed by atoms with van der Waals surface area (Å²) >= 11 is 0. The Labute approximate surface area is 103 Å². The summed E-state index contributed by atoms with van der Waals surface area (Å²) in [4.78, 5) is 13.4. The Balaban J connectivity index is 4.13. The third-order valence-electron chi connectivity index (χ3n) is 2.59. The minimum atomic E-state index is 0.0100. The zero-order chi connectivity index (χ0) is 13.1. The van der Waals surface area contributed by atoms with Gasteiger partial charge < -0.3 is 10.6 Å². The van der Waals surface area contributed by atoms with Crippen molar-refractivity contribution < 1.29 is 4.79 Å². The van der Waals surface area contributed by atoms with E-state index in [-0.39, 0.29) is 5.91 Å². The second-order valence-corrected chi connectivity index (χ2v) is 4.08. The highest BCUT2D eigenvalue weighted by Gasteiger charge is 2.13. The standard InChI is InChI=1S/C12H20N4O/c1-11(10-15)4-5-12(17)16(8-2-6-13)9-3-7-14/h11H,2-5,8-10,15H2,1H3. The minimum absolute atomic E-state index is 0.0100. The van der Waals surface area contributed by atoms with Gasteiger partial charge in [0.05, 0.1) is 25.0 Å². The van der Waals surface area contributed by atoms with E-state index in [1.807, 2.05) is 19.1 Å². The third-order valence-corrected chi connectivity index (χ3v) is 2.59. The van der Waals surface area contributed by atoms with Crippen molar-refractivity contribution >= 4 is 5.91 Å². The van der Waals surface area contributed by atoms with Crippen LogP contribution in [0.2, 0.25) is 0 Å². The first-order valence-electron chi connectivity index (χ1n) is 5.87. The fourth-order valence-electron chi connectivity index (χ4n) is 1.38. The first kappa shape index (κ1) is 15.4. The molecule has 5 heteroatoms. The zero-order valence-corrected chi connectivity index (χ0v) is 10.4. The number of nitriles is 2. The molecule has 2 N–H and O–H groups in total. The number of carbonyl (C=O) groups excluding carboxylic acids is 1. The van der Waals surface area contributed by atoms with Crippen LogP contribution < -0.4 is 5.73 Å². The molecule has 0 fully saturated rings. The SMILES string of the molecule is CC(CN)CCC(=O)N(CCC#N)CCC#N. The lowest BCUT2D eigenvalue weighted by Crippen LogP contribution is -2.33. The van der Waals surface area contributed by atoms with Crippen LogP contribution in [0.4, 0.5) is 0 Å². The second kappa shape index (κ2) is 9.62. The summed E-state index contributed by atoms with van der Waals surface area (Å²) < 4.78 is 0. The first-order valence-corrected chi connectivity index (χ1v) is 5.87. The van der Waals surface area contributed by atoms with Crippen LogP contribution in [0.5, 0.6) is 0 Å². The lowest BCUT2D eigenvalue weighted by molar-refractivity contribution is -0.131. The van der Waals surface area contributed by atoms with Crippen LogP contribution in [0.3, 0.4) is 0 Å². The molecule has 1 atom stereocenters. The quantitative estimate of drug-likeness (QED) is 0.680. The number of nitrogens with two attached hydrogens (primary N) is 1. The van der Waals surface area contributed by atoms with Gasteiger partial charge in [0.25, 0.3) is 0 Å². The third kappa shape index (κ3) is 7.32. The number of nitrogens with zero attached hydrogens (tertiary/aromatic N) is 3. The van der Waals surface area contributed by atoms with Crippen molar-refractivity contribution in [2.75, 3.05) is 19.6 Å². The normalized spacial score (nSPS) is 11.3. The minimum Gasteiger partial charge on any atom is -0.341 e. The highest BCUT2D eigenvalue weighted by molar-refractivity contribution is 5.76. The molecule has 0 aliphatic rings. The number of hydrogen-bond acceptors (Lipinski definition) is 4. The Hall–Kier alpha value is -1.59. The summed E-state index contributed by atoms with van der Waals surface area (Å²) in [5, 5.41) is 17.0. The van der Waals surface area contributed by atoms with Crippen molar-refractivity contribution in [1.82, 2.24) is 4.90 Å². The van der Waals surface area contributed by atoms with Gasteiger partial charge in [0.1, 0.15) is 0 Å². The molecule has 0 bridgehead atoms. The van der Waals surface area contributed by atoms with E-state index in [0.29, 0.717) is 44.8 Å². The Kier molecular flexibility index (Phi) is 8.72. The van der Waals surface area contributed by atoms with E-state index < -0.39 is 0 Å². The molecule has 0 aromatic carbocycles. The average molecular weight is 236 g/mol. The van der Waals surface area contributed by atoms with E-state index in [0.717, 1.165) is 6.42 Å². The summed E-state index contributed by atoms with van der Waals surface area (Å²) in [6.45, 7) is 3.40. The first-order chi connectivity index (χ1) is 8.15. The molecule has 0 radical (unpaired) electrons. The van der Waals surface area contributed by atoms with Gasteiger partial charge in [-0.25, -0.2) is 0 Å². The lowest BCUT2D eigenvalue weighted by atomic mass is 10.1. The predicted octanol–water partition coefficient (Wildman–Crippen LogP) is 1.02. The van der Waals surface area contributed by atoms with Gasteiger partial charge in [0.2, 0.25) is 5.91 Å². The smallest absolute Gasteiger partial charge is 0.222 e. The number of amides is 1. The van der Waals surface area contributed by atoms with Gasteiger partial charge in [0, 0.05) is 19.5 Å². The maximum Gasteiger partial charge on any atom is 0.222 e. The van der Waals surface area contributed by atoms with Crippen molar-refractivity contribution in [3.63, 3.8) is 0 Å². The molecule has 0 heterocycles. The van der Waals surface area contributed by atoms with Crippen LogP contribution in [-0.4, -0.2) is 30.4 Å². The van der Waals surface area contributed by atoms with E-state index >= 15 is 0 Å². The largest absolute Gasteiger partial charge is 0.341 e. The summed E-state index contributed by atoms with van der Waals surface area (Å²) in [5.41, 5.74) is 5.48. The summed E-state index contributed by atoms with van der Waals surface area (Å²) in [6, 6.07) is 4.02. The second-order valence-electron chi connectivity index (χ2n) is 4.08. The highest BCUT2D eigenvalue weighted by Crippen LogP contribution is 2.07. The molecule has 0 rings (SSSR count). The molecule has 0 saturated carbocycles. The number of rotatable bonds is 8. The summed E-state index contributed by atoms with van der Waals surface area (Å²) in [6.07, 6.45) is 1.81. The molecule has 0 aliphatic carbocycles. The number of hydrogen-bond donors (Lipinski definition) is 1. The Morgan fingerprint density at radius 1 is 1.29 bits per heavy atom. The van der Waals surface area contributed by atoms with Crippen molar-refractivity contribution in [2.45, 2.75) is 32.6 Å². The van der Waals surface area contributed by atoms with Gasteiger partial charge in [0.15, 0.2) is 0 Å². The number of carbonyl (C=O) groups is 1. The van der Waals surface area contributed by atoms with Crippen molar-refractivity contribution in [3.05, 3.63) is 0 Å². The van der Waals surface area contributed by atoms with Gasteiger partial charge in [-0.2, -0.15) is 10.5 Å². The maximum absolute atomic E-state index is 11.8. The van der Waals surface area contributed by atoms with E-state index in [2.05, 4.69) is 0 Å². The molecule has 5 nitrogen and oxygen atoms in total. The van der Waals surface area contributed by atoms with E-state index in [1.165, 1.54) is 0 Å². The maximum atomic E-state index is 11.8. The zero-order valence-electron chi connectivity index (χ0n) is 10.4. The van der Waals surface area contributed by atoms with E-state index in [9.17, 15) is 4.79 Å². The van der Waals surface area contributed by atoms with Crippen LogP contribution in [0.15, 0.2) is 0 Å². The topological polar surface area (TPSA) is 93.9 Å². The molecule has 1 amide bonds. The molecule has 1 unspecified atom stereocenters. The van der Waals surface area contributed by atoms with Crippen molar-refractivity contribution in [1.29, 1.82) is 10.5 Å². The Morgan fingerprint density at radius 2 is 1.82 bits per heavy atom. The van der Waals surface area contributed by atoms with E-state index in [1.54, 1.807) is 4.90 Å². The summed E-state index contributed by atoms with van der Waals surface area (Å²) in [7, 11) is 0. The van der Waals surface area contributed by atoms with Crippen LogP contribution in [0.25, 0.3) is 0 Å². The average Bonchev–Trinajstić information content (AvgIpc) is 2.35. The molecular weight excluding hydrogens is 216 g/mol. The Morgan fingerprint density at radius 3 is 2.24 bits per heavy atom. The van der Waals surface area contributed by atoms with Gasteiger partial charge >= 0.3 is 0 Å². The van der Waals surface area contributed by atoms with Crippen LogP contribution >= 0.6 is 0 Å². The fraction of sp³-hybridized carbons (Fsp3) is 0.750. The van der Waals surface area contributed by atoms with Gasteiger partial charge in [-0.3, -0.25) is 4.79 Å². The molecule has 0 spiro atoms. The lowest BCUT2D eigenvalue weighted by Gasteiger charge is -2.21. The molecule has 17 heavy (non-hydrogen) atoms. The van der Waals surface area contributed by atoms with Gasteiger partial charge in [-0.1, -0.05) is 6.92 Å². The molecule has 0 saturated heterocycles. The monoisotopic (exact) mass is 236 g/mol. The molecule has 94 valence electrons. The highest BCUT2D eigenvalue weighted by atomic mass is 16.2. The fourth-order valence-corrected chi connectivity index (χ4v) is 1.38. The molecule has 0 aliphatic heterocycles. The van der Waals surface area contributed by atoms with Crippen LogP contribution in [0.1, 0.15) is 32.6 Å². The van der Waals surface area contributed by atoms with E-state index in [4.69, 9.17) is 16.3 Å². The Bertz CT molecular complexity index is 285. The summed E-state index contributed by atoms with van der Waals surface area (Å²) in [5.74, 6) is 0.337. The van der Waals surface area contributed by atoms with Crippen molar-refractivity contribution in [3.8, 4) is 12.1 Å². The van der Waals surface area contributed by atoms with Crippen molar-refractivity contribution in [2.24, 2.45) is 11.7 Å². The molecule has 0 aromatic rings. The van der Waals surface area contributed by atoms with Crippen LogP contribution in [0, 0.1) is 28.6 Å². The van der Waals surface area contributed by atoms with Gasteiger partial charge in [-0.15, -0.1) is 0 Å². The van der Waals surface area contributed by atoms with Gasteiger partial charge in [-0.05, 0) is 18.9 Å². The van der Waals surface area contributed by atoms with Crippen LogP contribution in [-0.2, 0) is 4.79 Å². The molecular formula is C12H20N4O. The predicted molar refractivity (Wildman–Crippen MR) is 64.5 cm³/mol. The molecule has 0 aromatic heterocycles.